The van der Waals surface area contributed by atoms with Gasteiger partial charge in [0.15, 0.2) is 0 Å². The first-order chi connectivity index (χ1) is 8.48. The Labute approximate surface area is 117 Å². The summed E-state index contributed by atoms with van der Waals surface area (Å²) in [5.41, 5.74) is 4.78. The van der Waals surface area contributed by atoms with Gasteiger partial charge in [0.1, 0.15) is 5.54 Å². The lowest BCUT2D eigenvalue weighted by Gasteiger charge is -2.27. The van der Waals surface area contributed by atoms with Crippen molar-refractivity contribution in [2.45, 2.75) is 30.7 Å². The highest BCUT2D eigenvalue weighted by Gasteiger charge is 2.30. The summed E-state index contributed by atoms with van der Waals surface area (Å²) >= 11 is 7.42. The van der Waals surface area contributed by atoms with E-state index in [0.29, 0.717) is 10.8 Å². The van der Waals surface area contributed by atoms with E-state index in [1.807, 2.05) is 31.2 Å². The molecule has 0 fully saturated rings. The fraction of sp³-hybridized carbons (Fsp3) is 0.462. The van der Waals surface area contributed by atoms with E-state index >= 15 is 0 Å². The maximum Gasteiger partial charge on any atom is 0.238 e. The molecule has 3 nitrogen and oxygen atoms in total. The van der Waals surface area contributed by atoms with Crippen LogP contribution >= 0.6 is 23.4 Å². The maximum absolute atomic E-state index is 11.5. The van der Waals surface area contributed by atoms with Crippen molar-refractivity contribution in [1.82, 2.24) is 5.32 Å². The topological polar surface area (TPSA) is 55.1 Å². The van der Waals surface area contributed by atoms with Crippen LogP contribution in [0.2, 0.25) is 5.02 Å². The lowest BCUT2D eigenvalue weighted by atomic mass is 10.1. The van der Waals surface area contributed by atoms with E-state index < -0.39 is 5.54 Å². The Morgan fingerprint density at radius 2 is 2.06 bits per heavy atom. The number of thioether (sulfide) groups is 1. The van der Waals surface area contributed by atoms with E-state index in [9.17, 15) is 4.79 Å². The number of halogens is 1. The van der Waals surface area contributed by atoms with Crippen LogP contribution in [-0.2, 0) is 4.79 Å². The molecular weight excluding hydrogens is 268 g/mol. The van der Waals surface area contributed by atoms with Crippen molar-refractivity contribution in [3.63, 3.8) is 0 Å². The first-order valence-corrected chi connectivity index (χ1v) is 7.27. The summed E-state index contributed by atoms with van der Waals surface area (Å²) in [4.78, 5) is 12.6. The number of amides is 1. The van der Waals surface area contributed by atoms with Gasteiger partial charge in [0.05, 0.1) is 0 Å². The van der Waals surface area contributed by atoms with Gasteiger partial charge in [-0.05, 0) is 44.2 Å². The van der Waals surface area contributed by atoms with Crippen LogP contribution in [0.3, 0.4) is 0 Å². The lowest BCUT2D eigenvalue weighted by Crippen LogP contribution is -2.55. The number of carbonyl (C=O) groups is 1. The SMILES string of the molecule is CCCNC(C)(CSc1ccc(Cl)cc1)C(N)=O. The minimum atomic E-state index is -0.680. The van der Waals surface area contributed by atoms with Crippen LogP contribution in [0.1, 0.15) is 20.3 Å². The monoisotopic (exact) mass is 286 g/mol. The first kappa shape index (κ1) is 15.3. The molecule has 0 saturated heterocycles. The van der Waals surface area contributed by atoms with E-state index in [1.54, 1.807) is 11.8 Å². The summed E-state index contributed by atoms with van der Waals surface area (Å²) < 4.78 is 0. The van der Waals surface area contributed by atoms with Gasteiger partial charge in [0.25, 0.3) is 0 Å². The number of hydrogen-bond acceptors (Lipinski definition) is 3. The number of hydrogen-bond donors (Lipinski definition) is 2. The molecule has 1 rings (SSSR count). The molecule has 1 atom stereocenters. The zero-order valence-corrected chi connectivity index (χ0v) is 12.3. The van der Waals surface area contributed by atoms with Crippen LogP contribution in [-0.4, -0.2) is 23.7 Å². The predicted octanol–water partition coefficient (Wildman–Crippen LogP) is 2.68. The molecule has 1 aromatic carbocycles. The minimum Gasteiger partial charge on any atom is -0.368 e. The van der Waals surface area contributed by atoms with Crippen molar-refractivity contribution in [3.05, 3.63) is 29.3 Å². The van der Waals surface area contributed by atoms with Crippen molar-refractivity contribution in [2.24, 2.45) is 5.73 Å². The molecule has 18 heavy (non-hydrogen) atoms. The number of primary amides is 1. The van der Waals surface area contributed by atoms with E-state index in [-0.39, 0.29) is 5.91 Å². The number of rotatable bonds is 7. The smallest absolute Gasteiger partial charge is 0.238 e. The molecule has 0 saturated carbocycles. The van der Waals surface area contributed by atoms with Gasteiger partial charge in [-0.15, -0.1) is 11.8 Å². The summed E-state index contributed by atoms with van der Waals surface area (Å²) in [5, 5.41) is 3.91. The van der Waals surface area contributed by atoms with Gasteiger partial charge in [-0.2, -0.15) is 0 Å². The zero-order valence-electron chi connectivity index (χ0n) is 10.7. The van der Waals surface area contributed by atoms with E-state index in [0.717, 1.165) is 17.9 Å². The second-order valence-corrected chi connectivity index (χ2v) is 5.85. The summed E-state index contributed by atoms with van der Waals surface area (Å²) in [6.45, 7) is 4.68. The fourth-order valence-corrected chi connectivity index (χ4v) is 2.52. The van der Waals surface area contributed by atoms with Crippen LogP contribution < -0.4 is 11.1 Å². The summed E-state index contributed by atoms with van der Waals surface area (Å²) in [6, 6.07) is 7.55. The van der Waals surface area contributed by atoms with Crippen LogP contribution in [0.15, 0.2) is 29.2 Å². The normalized spacial score (nSPS) is 14.2. The Morgan fingerprint density at radius 1 is 1.44 bits per heavy atom. The molecule has 0 aromatic heterocycles. The van der Waals surface area contributed by atoms with Crippen molar-refractivity contribution in [2.75, 3.05) is 12.3 Å². The molecule has 0 heterocycles. The predicted molar refractivity (Wildman–Crippen MR) is 78.1 cm³/mol. The van der Waals surface area contributed by atoms with E-state index in [1.165, 1.54) is 0 Å². The molecule has 100 valence electrons. The summed E-state index contributed by atoms with van der Waals surface area (Å²) in [6.07, 6.45) is 0.967. The molecule has 0 aliphatic heterocycles. The second-order valence-electron chi connectivity index (χ2n) is 4.37. The third-order valence-electron chi connectivity index (χ3n) is 2.65. The van der Waals surface area contributed by atoms with Gasteiger partial charge in [0, 0.05) is 15.7 Å². The van der Waals surface area contributed by atoms with Gasteiger partial charge in [-0.1, -0.05) is 18.5 Å². The van der Waals surface area contributed by atoms with Crippen molar-refractivity contribution >= 4 is 29.3 Å². The van der Waals surface area contributed by atoms with Crippen LogP contribution in [0.25, 0.3) is 0 Å². The van der Waals surface area contributed by atoms with Crippen LogP contribution in [0.5, 0.6) is 0 Å². The average molecular weight is 287 g/mol. The minimum absolute atomic E-state index is 0.322. The van der Waals surface area contributed by atoms with E-state index in [4.69, 9.17) is 17.3 Å². The molecule has 5 heteroatoms. The van der Waals surface area contributed by atoms with Gasteiger partial charge < -0.3 is 11.1 Å². The molecular formula is C13H19ClN2OS. The molecule has 1 unspecified atom stereocenters. The molecule has 3 N–H and O–H groups in total. The highest BCUT2D eigenvalue weighted by molar-refractivity contribution is 7.99. The standard InChI is InChI=1S/C13H19ClN2OS/c1-3-8-16-13(2,12(15)17)9-18-11-6-4-10(14)5-7-11/h4-7,16H,3,8-9H2,1-2H3,(H2,15,17). The third kappa shape index (κ3) is 4.52. The Morgan fingerprint density at radius 3 is 2.56 bits per heavy atom. The number of nitrogens with two attached hydrogens (primary N) is 1. The number of benzene rings is 1. The Hall–Kier alpha value is -0.710. The molecule has 1 amide bonds. The van der Waals surface area contributed by atoms with Crippen LogP contribution in [0, 0.1) is 0 Å². The molecule has 1 aromatic rings. The Balaban J connectivity index is 2.62. The van der Waals surface area contributed by atoms with Crippen molar-refractivity contribution < 1.29 is 4.79 Å². The maximum atomic E-state index is 11.5. The average Bonchev–Trinajstić information content (AvgIpc) is 2.35. The number of nitrogens with one attached hydrogen (secondary N) is 1. The third-order valence-corrected chi connectivity index (χ3v) is 4.23. The lowest BCUT2D eigenvalue weighted by molar-refractivity contribution is -0.122. The second kappa shape index (κ2) is 7.02. The molecule has 0 aliphatic carbocycles. The molecule has 0 spiro atoms. The van der Waals surface area contributed by atoms with Crippen LogP contribution in [0.4, 0.5) is 0 Å². The Bertz CT molecular complexity index is 396. The summed E-state index contributed by atoms with van der Waals surface area (Å²) in [7, 11) is 0. The zero-order chi connectivity index (χ0) is 13.6. The highest BCUT2D eigenvalue weighted by atomic mass is 35.5. The molecule has 0 aliphatic rings. The first-order valence-electron chi connectivity index (χ1n) is 5.91. The van der Waals surface area contributed by atoms with Gasteiger partial charge in [0.2, 0.25) is 5.91 Å². The molecule has 0 radical (unpaired) electrons. The number of carbonyl (C=O) groups excluding carboxylic acids is 1. The van der Waals surface area contributed by atoms with Gasteiger partial charge in [-0.25, -0.2) is 0 Å². The summed E-state index contributed by atoms with van der Waals surface area (Å²) in [5.74, 6) is 0.279. The van der Waals surface area contributed by atoms with E-state index in [2.05, 4.69) is 12.2 Å². The Kier molecular flexibility index (Phi) is 5.99. The largest absolute Gasteiger partial charge is 0.368 e. The highest BCUT2D eigenvalue weighted by Crippen LogP contribution is 2.24. The van der Waals surface area contributed by atoms with Crippen molar-refractivity contribution in [1.29, 1.82) is 0 Å². The van der Waals surface area contributed by atoms with Gasteiger partial charge >= 0.3 is 0 Å². The van der Waals surface area contributed by atoms with Crippen molar-refractivity contribution in [3.8, 4) is 0 Å². The van der Waals surface area contributed by atoms with Gasteiger partial charge in [-0.3, -0.25) is 4.79 Å². The fourth-order valence-electron chi connectivity index (χ4n) is 1.37. The quantitative estimate of drug-likeness (QED) is 0.758. The molecule has 0 bridgehead atoms.